The van der Waals surface area contributed by atoms with Crippen LogP contribution in [0.2, 0.25) is 0 Å². The molecule has 2 aromatic rings. The molecule has 1 aliphatic rings. The monoisotopic (exact) mass is 355 g/mol. The van der Waals surface area contributed by atoms with Crippen LogP contribution in [-0.4, -0.2) is 23.1 Å². The largest absolute Gasteiger partial charge is 0.337 e. The van der Waals surface area contributed by atoms with Crippen LogP contribution in [0.25, 0.3) is 0 Å². The lowest BCUT2D eigenvalue weighted by atomic mass is 9.86. The van der Waals surface area contributed by atoms with Gasteiger partial charge >= 0.3 is 0 Å². The summed E-state index contributed by atoms with van der Waals surface area (Å²) in [5.74, 6) is 0.267. The van der Waals surface area contributed by atoms with Crippen molar-refractivity contribution in [2.24, 2.45) is 0 Å². The smallest absolute Gasteiger partial charge is 0.227 e. The maximum absolute atomic E-state index is 12.7. The SMILES string of the molecule is CC(=O)c1cc2c(s1)CN(C(=O)Cc1ccc(C(C)(C)C)cc1)CC2. The van der Waals surface area contributed by atoms with Gasteiger partial charge in [-0.2, -0.15) is 0 Å². The highest BCUT2D eigenvalue weighted by molar-refractivity contribution is 7.14. The predicted octanol–water partition coefficient (Wildman–Crippen LogP) is 4.38. The number of hydrogen-bond donors (Lipinski definition) is 0. The lowest BCUT2D eigenvalue weighted by Gasteiger charge is -2.27. The van der Waals surface area contributed by atoms with E-state index in [9.17, 15) is 9.59 Å². The zero-order valence-electron chi connectivity index (χ0n) is 15.4. The molecule has 1 aromatic heterocycles. The second-order valence-corrected chi connectivity index (χ2v) is 8.94. The normalized spacial score (nSPS) is 14.3. The average molecular weight is 356 g/mol. The summed E-state index contributed by atoms with van der Waals surface area (Å²) >= 11 is 1.53. The Balaban J connectivity index is 1.67. The van der Waals surface area contributed by atoms with Crippen LogP contribution in [0.3, 0.4) is 0 Å². The Hall–Kier alpha value is -1.94. The first-order valence-electron chi connectivity index (χ1n) is 8.74. The van der Waals surface area contributed by atoms with Gasteiger partial charge in [-0.3, -0.25) is 9.59 Å². The molecule has 3 rings (SSSR count). The second kappa shape index (κ2) is 6.75. The molecule has 25 heavy (non-hydrogen) atoms. The van der Waals surface area contributed by atoms with Crippen molar-refractivity contribution in [1.82, 2.24) is 4.90 Å². The Morgan fingerprint density at radius 3 is 2.44 bits per heavy atom. The van der Waals surface area contributed by atoms with E-state index in [0.29, 0.717) is 13.0 Å². The van der Waals surface area contributed by atoms with Crippen molar-refractivity contribution in [3.8, 4) is 0 Å². The number of nitrogens with zero attached hydrogens (tertiary/aromatic N) is 1. The molecule has 0 bridgehead atoms. The van der Waals surface area contributed by atoms with Crippen molar-refractivity contribution in [3.63, 3.8) is 0 Å². The minimum absolute atomic E-state index is 0.108. The third-order valence-corrected chi connectivity index (χ3v) is 6.02. The first-order valence-corrected chi connectivity index (χ1v) is 9.55. The summed E-state index contributed by atoms with van der Waals surface area (Å²) in [5, 5.41) is 0. The number of carbonyl (C=O) groups is 2. The van der Waals surface area contributed by atoms with Gasteiger partial charge in [-0.15, -0.1) is 11.3 Å². The zero-order valence-corrected chi connectivity index (χ0v) is 16.2. The van der Waals surface area contributed by atoms with E-state index in [4.69, 9.17) is 0 Å². The first kappa shape index (κ1) is 17.9. The molecule has 2 heterocycles. The van der Waals surface area contributed by atoms with Gasteiger partial charge in [0, 0.05) is 11.4 Å². The Morgan fingerprint density at radius 2 is 1.84 bits per heavy atom. The van der Waals surface area contributed by atoms with Crippen LogP contribution in [0.5, 0.6) is 0 Å². The van der Waals surface area contributed by atoms with Gasteiger partial charge in [0.05, 0.1) is 17.8 Å². The summed E-state index contributed by atoms with van der Waals surface area (Å²) in [6, 6.07) is 10.4. The molecule has 0 fully saturated rings. The number of benzene rings is 1. The second-order valence-electron chi connectivity index (χ2n) is 7.80. The van der Waals surface area contributed by atoms with Gasteiger partial charge in [-0.1, -0.05) is 45.0 Å². The summed E-state index contributed by atoms with van der Waals surface area (Å²) in [7, 11) is 0. The fraction of sp³-hybridized carbons (Fsp3) is 0.429. The van der Waals surface area contributed by atoms with Crippen molar-refractivity contribution in [2.75, 3.05) is 6.54 Å². The van der Waals surface area contributed by atoms with Gasteiger partial charge in [-0.05, 0) is 41.5 Å². The molecule has 0 saturated heterocycles. The summed E-state index contributed by atoms with van der Waals surface area (Å²) in [6.07, 6.45) is 1.28. The van der Waals surface area contributed by atoms with E-state index < -0.39 is 0 Å². The van der Waals surface area contributed by atoms with Crippen LogP contribution in [0.15, 0.2) is 30.3 Å². The topological polar surface area (TPSA) is 37.4 Å². The Bertz CT molecular complexity index is 796. The fourth-order valence-electron chi connectivity index (χ4n) is 3.12. The number of ketones is 1. The zero-order chi connectivity index (χ0) is 18.2. The minimum Gasteiger partial charge on any atom is -0.337 e. The van der Waals surface area contributed by atoms with Crippen LogP contribution in [0, 0.1) is 0 Å². The molecule has 4 heteroatoms. The highest BCUT2D eigenvalue weighted by atomic mass is 32.1. The van der Waals surface area contributed by atoms with Crippen LogP contribution in [0.4, 0.5) is 0 Å². The predicted molar refractivity (Wildman–Crippen MR) is 102 cm³/mol. The molecule has 132 valence electrons. The van der Waals surface area contributed by atoms with Crippen LogP contribution < -0.4 is 0 Å². The minimum atomic E-state index is 0.108. The molecule has 3 nitrogen and oxygen atoms in total. The van der Waals surface area contributed by atoms with E-state index in [1.807, 2.05) is 11.0 Å². The van der Waals surface area contributed by atoms with E-state index in [1.54, 1.807) is 6.92 Å². The number of amides is 1. The number of rotatable bonds is 3. The van der Waals surface area contributed by atoms with Crippen LogP contribution in [0.1, 0.15) is 58.9 Å². The molecule has 1 aromatic carbocycles. The van der Waals surface area contributed by atoms with Gasteiger partial charge in [0.25, 0.3) is 0 Å². The molecule has 0 aliphatic carbocycles. The molecular formula is C21H25NO2S. The third-order valence-electron chi connectivity index (χ3n) is 4.76. The van der Waals surface area contributed by atoms with Gasteiger partial charge in [0.1, 0.15) is 0 Å². The van der Waals surface area contributed by atoms with Gasteiger partial charge in [0.2, 0.25) is 5.91 Å². The van der Waals surface area contributed by atoms with Gasteiger partial charge in [0.15, 0.2) is 5.78 Å². The Morgan fingerprint density at radius 1 is 1.16 bits per heavy atom. The lowest BCUT2D eigenvalue weighted by Crippen LogP contribution is -2.36. The quantitative estimate of drug-likeness (QED) is 0.767. The van der Waals surface area contributed by atoms with Crippen LogP contribution >= 0.6 is 11.3 Å². The summed E-state index contributed by atoms with van der Waals surface area (Å²) in [4.78, 5) is 28.1. The average Bonchev–Trinajstić information content (AvgIpc) is 2.98. The van der Waals surface area contributed by atoms with Crippen molar-refractivity contribution >= 4 is 23.0 Å². The maximum atomic E-state index is 12.7. The van der Waals surface area contributed by atoms with E-state index in [0.717, 1.165) is 28.3 Å². The standard InChI is InChI=1S/C21H25NO2S/c1-14(23)18-12-16-9-10-22(13-19(16)25-18)20(24)11-15-5-7-17(8-6-15)21(2,3)4/h5-8,12H,9-11,13H2,1-4H3. The highest BCUT2D eigenvalue weighted by Crippen LogP contribution is 2.29. The van der Waals surface area contributed by atoms with E-state index in [1.165, 1.54) is 22.5 Å². The Labute approximate surface area is 153 Å². The molecule has 1 amide bonds. The van der Waals surface area contributed by atoms with Crippen molar-refractivity contribution in [3.05, 3.63) is 56.8 Å². The maximum Gasteiger partial charge on any atom is 0.227 e. The summed E-state index contributed by atoms with van der Waals surface area (Å²) in [5.41, 5.74) is 3.69. The molecule has 0 N–H and O–H groups in total. The van der Waals surface area contributed by atoms with Crippen LogP contribution in [-0.2, 0) is 29.6 Å². The molecular weight excluding hydrogens is 330 g/mol. The molecule has 0 saturated carbocycles. The van der Waals surface area contributed by atoms with E-state index >= 15 is 0 Å². The number of thiophene rings is 1. The van der Waals surface area contributed by atoms with Crippen molar-refractivity contribution < 1.29 is 9.59 Å². The van der Waals surface area contributed by atoms with E-state index in [2.05, 4.69) is 45.0 Å². The Kier molecular flexibility index (Phi) is 4.83. The summed E-state index contributed by atoms with van der Waals surface area (Å²) in [6.45, 7) is 9.53. The third kappa shape index (κ3) is 4.01. The first-order chi connectivity index (χ1) is 11.7. The van der Waals surface area contributed by atoms with E-state index in [-0.39, 0.29) is 17.1 Å². The number of carbonyl (C=O) groups excluding carboxylic acids is 2. The summed E-state index contributed by atoms with van der Waals surface area (Å²) < 4.78 is 0. The van der Waals surface area contributed by atoms with Gasteiger partial charge in [-0.25, -0.2) is 0 Å². The molecule has 0 radical (unpaired) electrons. The molecule has 1 aliphatic heterocycles. The fourth-order valence-corrected chi connectivity index (χ4v) is 4.24. The van der Waals surface area contributed by atoms with Crippen molar-refractivity contribution in [1.29, 1.82) is 0 Å². The molecule has 0 unspecified atom stereocenters. The van der Waals surface area contributed by atoms with Crippen molar-refractivity contribution in [2.45, 2.75) is 52.5 Å². The molecule has 0 spiro atoms. The number of Topliss-reactive ketones (excluding diaryl/α,β-unsaturated/α-hetero) is 1. The van der Waals surface area contributed by atoms with Gasteiger partial charge < -0.3 is 4.90 Å². The number of hydrogen-bond acceptors (Lipinski definition) is 3. The lowest BCUT2D eigenvalue weighted by molar-refractivity contribution is -0.131. The molecule has 0 atom stereocenters. The number of fused-ring (bicyclic) bond motifs is 1. The highest BCUT2D eigenvalue weighted by Gasteiger charge is 2.24.